The van der Waals surface area contributed by atoms with Gasteiger partial charge in [-0.2, -0.15) is 0 Å². The number of carbonyl (C=O) groups excluding carboxylic acids is 2. The predicted molar refractivity (Wildman–Crippen MR) is 98.9 cm³/mol. The Hall–Kier alpha value is -3.07. The van der Waals surface area contributed by atoms with E-state index in [4.69, 9.17) is 5.73 Å². The fourth-order valence-electron chi connectivity index (χ4n) is 2.35. The monoisotopic (exact) mass is 392 g/mol. The topological polar surface area (TPSA) is 117 Å². The summed E-state index contributed by atoms with van der Waals surface area (Å²) >= 11 is 0. The van der Waals surface area contributed by atoms with Gasteiger partial charge in [0.25, 0.3) is 5.91 Å². The van der Waals surface area contributed by atoms with Crippen molar-refractivity contribution in [2.24, 2.45) is 0 Å². The van der Waals surface area contributed by atoms with Crippen molar-refractivity contribution in [2.75, 3.05) is 12.3 Å². The van der Waals surface area contributed by atoms with Crippen molar-refractivity contribution in [2.45, 2.75) is 31.9 Å². The van der Waals surface area contributed by atoms with Crippen LogP contribution in [-0.4, -0.2) is 34.1 Å². The molecule has 0 spiro atoms. The van der Waals surface area contributed by atoms with Crippen LogP contribution in [0.4, 0.5) is 14.6 Å². The molecule has 0 aliphatic carbocycles. The fourth-order valence-corrected chi connectivity index (χ4v) is 2.35. The van der Waals surface area contributed by atoms with E-state index in [1.54, 1.807) is 12.1 Å². The number of nitrogens with one attached hydrogen (secondary N) is 2. The van der Waals surface area contributed by atoms with Crippen LogP contribution in [-0.2, 0) is 16.1 Å². The van der Waals surface area contributed by atoms with Gasteiger partial charge in [-0.15, -0.1) is 0 Å². The highest BCUT2D eigenvalue weighted by Crippen LogP contribution is 2.19. The number of aliphatic hydroxyl groups is 1. The summed E-state index contributed by atoms with van der Waals surface area (Å²) in [5.41, 5.74) is 4.73. The molecule has 0 aliphatic rings. The van der Waals surface area contributed by atoms with Crippen molar-refractivity contribution < 1.29 is 23.5 Å². The minimum absolute atomic E-state index is 0.131. The molecule has 9 heteroatoms. The smallest absolute Gasteiger partial charge is 0.251 e. The maximum Gasteiger partial charge on any atom is 0.251 e. The molecule has 0 fully saturated rings. The van der Waals surface area contributed by atoms with Gasteiger partial charge in [0.1, 0.15) is 11.4 Å². The Labute approximate surface area is 161 Å². The fraction of sp³-hybridized carbons (Fsp3) is 0.316. The van der Waals surface area contributed by atoms with Gasteiger partial charge in [-0.05, 0) is 43.2 Å². The number of aromatic nitrogens is 1. The summed E-state index contributed by atoms with van der Waals surface area (Å²) in [5, 5.41) is 14.8. The summed E-state index contributed by atoms with van der Waals surface area (Å²) in [6.07, 6.45) is 1.50. The molecule has 1 aromatic carbocycles. The first-order valence-electron chi connectivity index (χ1n) is 8.51. The van der Waals surface area contributed by atoms with E-state index in [0.717, 1.165) is 12.1 Å². The molecule has 28 heavy (non-hydrogen) atoms. The Morgan fingerprint density at radius 2 is 1.89 bits per heavy atom. The number of nitrogens with two attached hydrogens (primary N) is 1. The van der Waals surface area contributed by atoms with Crippen molar-refractivity contribution in [1.82, 2.24) is 15.6 Å². The average Bonchev–Trinajstić information content (AvgIpc) is 2.63. The lowest BCUT2D eigenvalue weighted by Crippen LogP contribution is -2.45. The number of nitrogen functional groups attached to an aromatic ring is 1. The summed E-state index contributed by atoms with van der Waals surface area (Å²) in [7, 11) is 0. The molecule has 0 saturated carbocycles. The number of nitrogens with zero attached hydrogens (tertiary/aromatic N) is 1. The third-order valence-electron chi connectivity index (χ3n) is 4.00. The second-order valence-electron chi connectivity index (χ2n) is 6.80. The number of anilines is 1. The van der Waals surface area contributed by atoms with Gasteiger partial charge in [-0.3, -0.25) is 9.59 Å². The SMILES string of the molecule is CC(C)(O)C(=O)NC[C@H](C(=O)NCc1ccc(N)nc1)c1ccc(F)c(F)c1. The molecule has 2 rings (SSSR count). The summed E-state index contributed by atoms with van der Waals surface area (Å²) < 4.78 is 26.9. The number of hydrogen-bond acceptors (Lipinski definition) is 5. The van der Waals surface area contributed by atoms with Crippen molar-refractivity contribution in [3.8, 4) is 0 Å². The van der Waals surface area contributed by atoms with E-state index in [1.807, 2.05) is 0 Å². The lowest BCUT2D eigenvalue weighted by Gasteiger charge is -2.21. The van der Waals surface area contributed by atoms with E-state index in [-0.39, 0.29) is 18.7 Å². The van der Waals surface area contributed by atoms with Gasteiger partial charge in [0.15, 0.2) is 11.6 Å². The van der Waals surface area contributed by atoms with E-state index < -0.39 is 35.0 Å². The van der Waals surface area contributed by atoms with Crippen LogP contribution in [0.5, 0.6) is 0 Å². The Morgan fingerprint density at radius 1 is 1.18 bits per heavy atom. The molecule has 7 nitrogen and oxygen atoms in total. The normalized spacial score (nSPS) is 12.3. The molecule has 1 heterocycles. The molecule has 0 bridgehead atoms. The highest BCUT2D eigenvalue weighted by atomic mass is 19.2. The van der Waals surface area contributed by atoms with Gasteiger partial charge in [-0.1, -0.05) is 12.1 Å². The molecule has 1 atom stereocenters. The van der Waals surface area contributed by atoms with E-state index in [2.05, 4.69) is 15.6 Å². The van der Waals surface area contributed by atoms with Gasteiger partial charge >= 0.3 is 0 Å². The van der Waals surface area contributed by atoms with E-state index in [1.165, 1.54) is 26.1 Å². The van der Waals surface area contributed by atoms with Gasteiger partial charge in [0, 0.05) is 19.3 Å². The second kappa shape index (κ2) is 8.75. The van der Waals surface area contributed by atoms with E-state index >= 15 is 0 Å². The van der Waals surface area contributed by atoms with Gasteiger partial charge in [0.05, 0.1) is 5.92 Å². The maximum atomic E-state index is 13.6. The highest BCUT2D eigenvalue weighted by molar-refractivity contribution is 5.87. The Bertz CT molecular complexity index is 851. The zero-order chi connectivity index (χ0) is 20.9. The largest absolute Gasteiger partial charge is 0.384 e. The zero-order valence-corrected chi connectivity index (χ0v) is 15.5. The number of carbonyl (C=O) groups is 2. The summed E-state index contributed by atoms with van der Waals surface area (Å²) in [5.74, 6) is -4.02. The Kier molecular flexibility index (Phi) is 6.63. The number of rotatable bonds is 7. The van der Waals surface area contributed by atoms with Crippen LogP contribution in [0.2, 0.25) is 0 Å². The lowest BCUT2D eigenvalue weighted by molar-refractivity contribution is -0.136. The Balaban J connectivity index is 2.16. The minimum atomic E-state index is -1.65. The third kappa shape index (κ3) is 5.71. The van der Waals surface area contributed by atoms with Crippen molar-refractivity contribution in [1.29, 1.82) is 0 Å². The summed E-state index contributed by atoms with van der Waals surface area (Å²) in [6, 6.07) is 6.35. The van der Waals surface area contributed by atoms with Gasteiger partial charge in [0.2, 0.25) is 5.91 Å². The molecular weight excluding hydrogens is 370 g/mol. The van der Waals surface area contributed by atoms with Crippen LogP contribution in [0, 0.1) is 11.6 Å². The van der Waals surface area contributed by atoms with Crippen molar-refractivity contribution in [3.63, 3.8) is 0 Å². The first-order valence-corrected chi connectivity index (χ1v) is 8.51. The molecular formula is C19H22F2N4O3. The molecule has 2 aromatic rings. The molecule has 5 N–H and O–H groups in total. The average molecular weight is 392 g/mol. The molecule has 1 aromatic heterocycles. The molecule has 0 unspecified atom stereocenters. The highest BCUT2D eigenvalue weighted by Gasteiger charge is 2.27. The number of hydrogen-bond donors (Lipinski definition) is 4. The molecule has 150 valence electrons. The second-order valence-corrected chi connectivity index (χ2v) is 6.80. The lowest BCUT2D eigenvalue weighted by atomic mass is 9.97. The first-order chi connectivity index (χ1) is 13.1. The summed E-state index contributed by atoms with van der Waals surface area (Å²) in [6.45, 7) is 2.51. The number of halogens is 2. The summed E-state index contributed by atoms with van der Waals surface area (Å²) in [4.78, 5) is 28.5. The standard InChI is InChI=1S/C19H22F2N4O3/c1-19(2,28)18(27)25-10-13(12-4-5-14(20)15(21)7-12)17(26)24-9-11-3-6-16(22)23-8-11/h3-8,13,28H,9-10H2,1-2H3,(H2,22,23)(H,24,26)(H,25,27)/t13-/m0/s1. The third-order valence-corrected chi connectivity index (χ3v) is 4.00. The molecule has 0 radical (unpaired) electrons. The quantitative estimate of drug-likeness (QED) is 0.565. The van der Waals surface area contributed by atoms with Crippen molar-refractivity contribution >= 4 is 17.6 Å². The van der Waals surface area contributed by atoms with Gasteiger partial charge in [-0.25, -0.2) is 13.8 Å². The van der Waals surface area contributed by atoms with Crippen LogP contribution in [0.3, 0.4) is 0 Å². The van der Waals surface area contributed by atoms with Crippen LogP contribution >= 0.6 is 0 Å². The van der Waals surface area contributed by atoms with Crippen LogP contribution in [0.1, 0.15) is 30.9 Å². The number of benzene rings is 1. The molecule has 0 aliphatic heterocycles. The van der Waals surface area contributed by atoms with Crippen LogP contribution in [0.15, 0.2) is 36.5 Å². The van der Waals surface area contributed by atoms with E-state index in [0.29, 0.717) is 11.4 Å². The Morgan fingerprint density at radius 3 is 2.46 bits per heavy atom. The number of amides is 2. The zero-order valence-electron chi connectivity index (χ0n) is 15.5. The predicted octanol–water partition coefficient (Wildman–Crippen LogP) is 1.23. The minimum Gasteiger partial charge on any atom is -0.384 e. The molecule has 2 amide bonds. The van der Waals surface area contributed by atoms with E-state index in [9.17, 15) is 23.5 Å². The van der Waals surface area contributed by atoms with Crippen LogP contribution in [0.25, 0.3) is 0 Å². The maximum absolute atomic E-state index is 13.6. The number of pyridine rings is 1. The van der Waals surface area contributed by atoms with Crippen LogP contribution < -0.4 is 16.4 Å². The molecule has 0 saturated heterocycles. The van der Waals surface area contributed by atoms with Gasteiger partial charge < -0.3 is 21.5 Å². The first kappa shape index (κ1) is 21.2. The van der Waals surface area contributed by atoms with Crippen molar-refractivity contribution in [3.05, 3.63) is 59.3 Å².